The Labute approximate surface area is 250 Å². The zero-order chi connectivity index (χ0) is 29.2. The summed E-state index contributed by atoms with van der Waals surface area (Å²) in [6, 6.07) is 50.9. The van der Waals surface area contributed by atoms with Gasteiger partial charge in [-0.25, -0.2) is 0 Å². The Bertz CT molecular complexity index is 1790. The molecule has 6 aromatic carbocycles. The second kappa shape index (κ2) is 10.9. The normalized spacial score (nSPS) is 12.6. The molecule has 0 heterocycles. The van der Waals surface area contributed by atoms with Crippen molar-refractivity contribution < 1.29 is 9.59 Å². The van der Waals surface area contributed by atoms with Gasteiger partial charge < -0.3 is 10.6 Å². The van der Waals surface area contributed by atoms with Crippen LogP contribution in [0.4, 0.5) is 0 Å². The predicted octanol–water partition coefficient (Wildman–Crippen LogP) is 8.06. The molecule has 2 amide bonds. The van der Waals surface area contributed by atoms with Gasteiger partial charge in [0.2, 0.25) is 0 Å². The monoisotopic (exact) mass is 556 g/mol. The summed E-state index contributed by atoms with van der Waals surface area (Å²) in [4.78, 5) is 27.9. The van der Waals surface area contributed by atoms with Crippen LogP contribution in [0.5, 0.6) is 0 Å². The molecular formula is C39H28N2O2. The maximum atomic E-state index is 13.9. The van der Waals surface area contributed by atoms with Crippen LogP contribution in [0.3, 0.4) is 0 Å². The van der Waals surface area contributed by atoms with Crippen LogP contribution in [0.1, 0.15) is 31.8 Å². The van der Waals surface area contributed by atoms with Crippen LogP contribution in [-0.2, 0) is 5.66 Å². The first-order chi connectivity index (χ1) is 21.1. The number of carbonyl (C=O) groups is 2. The van der Waals surface area contributed by atoms with Crippen molar-refractivity contribution in [3.63, 3.8) is 0 Å². The second-order valence-electron chi connectivity index (χ2n) is 10.6. The van der Waals surface area contributed by atoms with Crippen LogP contribution < -0.4 is 10.6 Å². The second-order valence-corrected chi connectivity index (χ2v) is 10.6. The number of rotatable bonds is 6. The van der Waals surface area contributed by atoms with E-state index in [4.69, 9.17) is 0 Å². The van der Waals surface area contributed by atoms with E-state index in [0.29, 0.717) is 11.1 Å². The molecule has 0 aliphatic heterocycles. The Morgan fingerprint density at radius 3 is 1.09 bits per heavy atom. The molecule has 4 nitrogen and oxygen atoms in total. The van der Waals surface area contributed by atoms with E-state index < -0.39 is 5.66 Å². The molecule has 43 heavy (non-hydrogen) atoms. The van der Waals surface area contributed by atoms with Crippen LogP contribution in [0.2, 0.25) is 0 Å². The highest BCUT2D eigenvalue weighted by atomic mass is 16.2. The molecule has 206 valence electrons. The fourth-order valence-corrected chi connectivity index (χ4v) is 5.91. The Kier molecular flexibility index (Phi) is 6.65. The Balaban J connectivity index is 1.25. The van der Waals surface area contributed by atoms with Crippen molar-refractivity contribution in [1.29, 1.82) is 0 Å². The molecule has 0 radical (unpaired) electrons. The number of fused-ring (bicyclic) bond motifs is 3. The average molecular weight is 557 g/mol. The van der Waals surface area contributed by atoms with Gasteiger partial charge in [0.1, 0.15) is 0 Å². The lowest BCUT2D eigenvalue weighted by Crippen LogP contribution is -2.57. The molecule has 0 bridgehead atoms. The van der Waals surface area contributed by atoms with Crippen molar-refractivity contribution in [3.8, 4) is 33.4 Å². The topological polar surface area (TPSA) is 58.2 Å². The fraction of sp³-hybridized carbons (Fsp3) is 0.0256. The summed E-state index contributed by atoms with van der Waals surface area (Å²) in [6.07, 6.45) is 0. The summed E-state index contributed by atoms with van der Waals surface area (Å²) in [5.41, 5.74) is 7.52. The molecule has 0 aromatic heterocycles. The first-order valence-corrected chi connectivity index (χ1v) is 14.3. The van der Waals surface area contributed by atoms with Gasteiger partial charge in [-0.05, 0) is 57.6 Å². The van der Waals surface area contributed by atoms with Crippen molar-refractivity contribution in [2.75, 3.05) is 0 Å². The molecule has 0 spiro atoms. The van der Waals surface area contributed by atoms with E-state index in [0.717, 1.165) is 44.5 Å². The van der Waals surface area contributed by atoms with Gasteiger partial charge in [-0.2, -0.15) is 0 Å². The van der Waals surface area contributed by atoms with E-state index in [1.807, 2.05) is 158 Å². The third-order valence-electron chi connectivity index (χ3n) is 8.06. The van der Waals surface area contributed by atoms with Crippen molar-refractivity contribution >= 4 is 11.8 Å². The number of amides is 2. The highest BCUT2D eigenvalue weighted by molar-refractivity contribution is 6.00. The highest BCUT2D eigenvalue weighted by Crippen LogP contribution is 2.46. The van der Waals surface area contributed by atoms with Crippen molar-refractivity contribution in [2.45, 2.75) is 5.66 Å². The maximum absolute atomic E-state index is 13.9. The van der Waals surface area contributed by atoms with Crippen molar-refractivity contribution in [1.82, 2.24) is 10.6 Å². The minimum absolute atomic E-state index is 0.286. The fourth-order valence-electron chi connectivity index (χ4n) is 5.91. The SMILES string of the molecule is O=C(NC1(NC(=O)c2ccc(-c3ccccc3)cc2)c2ccccc2-c2ccccc21)c1ccc(-c2ccccc2)cc1. The number of hydrogen-bond acceptors (Lipinski definition) is 2. The predicted molar refractivity (Wildman–Crippen MR) is 171 cm³/mol. The minimum Gasteiger partial charge on any atom is -0.322 e. The van der Waals surface area contributed by atoms with Crippen molar-refractivity contribution in [2.24, 2.45) is 0 Å². The molecule has 4 heteroatoms. The van der Waals surface area contributed by atoms with E-state index >= 15 is 0 Å². The van der Waals surface area contributed by atoms with E-state index in [-0.39, 0.29) is 11.8 Å². The smallest absolute Gasteiger partial charge is 0.253 e. The number of carbonyl (C=O) groups excluding carboxylic acids is 2. The van der Waals surface area contributed by atoms with E-state index in [2.05, 4.69) is 10.6 Å². The molecule has 0 atom stereocenters. The summed E-state index contributed by atoms with van der Waals surface area (Å²) >= 11 is 0. The number of nitrogens with one attached hydrogen (secondary N) is 2. The molecule has 0 fully saturated rings. The Morgan fingerprint density at radius 2 is 0.698 bits per heavy atom. The van der Waals surface area contributed by atoms with Gasteiger partial charge in [0.05, 0.1) is 0 Å². The van der Waals surface area contributed by atoms with Gasteiger partial charge >= 0.3 is 0 Å². The number of benzene rings is 6. The van der Waals surface area contributed by atoms with Gasteiger partial charge in [-0.1, -0.05) is 133 Å². The molecule has 7 rings (SSSR count). The quantitative estimate of drug-likeness (QED) is 0.204. The Hall–Kier alpha value is -5.74. The zero-order valence-electron chi connectivity index (χ0n) is 23.3. The first-order valence-electron chi connectivity index (χ1n) is 14.3. The maximum Gasteiger partial charge on any atom is 0.253 e. The van der Waals surface area contributed by atoms with Crippen LogP contribution in [-0.4, -0.2) is 11.8 Å². The summed E-state index contributed by atoms with van der Waals surface area (Å²) in [5.74, 6) is -0.573. The lowest BCUT2D eigenvalue weighted by Gasteiger charge is -2.34. The Morgan fingerprint density at radius 1 is 0.372 bits per heavy atom. The van der Waals surface area contributed by atoms with Gasteiger partial charge in [0.15, 0.2) is 5.66 Å². The first kappa shape index (κ1) is 26.2. The van der Waals surface area contributed by atoms with E-state index in [1.165, 1.54) is 0 Å². The van der Waals surface area contributed by atoms with Gasteiger partial charge in [-0.15, -0.1) is 0 Å². The van der Waals surface area contributed by atoms with Crippen molar-refractivity contribution in [3.05, 3.63) is 180 Å². The lowest BCUT2D eigenvalue weighted by molar-refractivity contribution is 0.0836. The summed E-state index contributed by atoms with van der Waals surface area (Å²) in [6.45, 7) is 0. The molecule has 2 N–H and O–H groups in total. The molecule has 0 unspecified atom stereocenters. The molecule has 1 aliphatic rings. The van der Waals surface area contributed by atoms with Crippen LogP contribution in [0, 0.1) is 0 Å². The molecule has 1 aliphatic carbocycles. The third-order valence-corrected chi connectivity index (χ3v) is 8.06. The summed E-state index contributed by atoms with van der Waals surface area (Å²) in [5, 5.41) is 6.49. The van der Waals surface area contributed by atoms with Crippen LogP contribution >= 0.6 is 0 Å². The molecular weight excluding hydrogens is 528 g/mol. The third kappa shape index (κ3) is 4.79. The summed E-state index contributed by atoms with van der Waals surface area (Å²) < 4.78 is 0. The van der Waals surface area contributed by atoms with E-state index in [1.54, 1.807) is 0 Å². The largest absolute Gasteiger partial charge is 0.322 e. The average Bonchev–Trinajstić information content (AvgIpc) is 3.35. The highest BCUT2D eigenvalue weighted by Gasteiger charge is 2.46. The standard InChI is InChI=1S/C39H28N2O2/c42-37(31-23-19-29(20-24-31)27-11-3-1-4-12-27)40-39(35-17-9-7-15-33(35)34-16-8-10-18-36(34)39)41-38(43)32-25-21-30(22-26-32)28-13-5-2-6-14-28/h1-26H,(H,40,42)(H,41,43). The van der Waals surface area contributed by atoms with Gasteiger partial charge in [0, 0.05) is 22.3 Å². The lowest BCUT2D eigenvalue weighted by atomic mass is 9.94. The zero-order valence-corrected chi connectivity index (χ0v) is 23.3. The molecule has 0 saturated carbocycles. The van der Waals surface area contributed by atoms with Gasteiger partial charge in [0.25, 0.3) is 11.8 Å². The molecule has 6 aromatic rings. The molecule has 0 saturated heterocycles. The van der Waals surface area contributed by atoms with E-state index in [9.17, 15) is 9.59 Å². The van der Waals surface area contributed by atoms with Crippen LogP contribution in [0.25, 0.3) is 33.4 Å². The number of hydrogen-bond donors (Lipinski definition) is 2. The minimum atomic E-state index is -1.27. The van der Waals surface area contributed by atoms with Gasteiger partial charge in [-0.3, -0.25) is 9.59 Å². The summed E-state index contributed by atoms with van der Waals surface area (Å²) in [7, 11) is 0. The van der Waals surface area contributed by atoms with Crippen LogP contribution in [0.15, 0.2) is 158 Å².